The van der Waals surface area contributed by atoms with Crippen LogP contribution in [-0.4, -0.2) is 24.2 Å². The lowest BCUT2D eigenvalue weighted by Gasteiger charge is -2.18. The van der Waals surface area contributed by atoms with Crippen molar-refractivity contribution in [3.05, 3.63) is 54.6 Å². The van der Waals surface area contributed by atoms with E-state index in [1.807, 2.05) is 49.4 Å². The van der Waals surface area contributed by atoms with E-state index in [1.54, 1.807) is 11.8 Å². The molecule has 2 aromatic carbocycles. The van der Waals surface area contributed by atoms with Crippen LogP contribution in [0.25, 0.3) is 0 Å². The number of benzene rings is 2. The van der Waals surface area contributed by atoms with Crippen LogP contribution in [0.1, 0.15) is 19.8 Å². The van der Waals surface area contributed by atoms with Crippen molar-refractivity contribution in [3.63, 3.8) is 0 Å². The van der Waals surface area contributed by atoms with Crippen LogP contribution in [0.5, 0.6) is 0 Å². The average Bonchev–Trinajstić information content (AvgIpc) is 3.11. The lowest BCUT2D eigenvalue weighted by Crippen LogP contribution is -2.22. The third-order valence-electron chi connectivity index (χ3n) is 4.03. The van der Waals surface area contributed by atoms with E-state index in [0.717, 1.165) is 23.7 Å². The standard InChI is InChI=1S/C19H22N2OS/c1-15(23-18-7-3-2-4-8-18)19(22)20-16-9-11-17(12-10-16)21-13-5-6-14-21/h2-4,7-12,15H,5-6,13-14H2,1H3,(H,20,22). The van der Waals surface area contributed by atoms with E-state index < -0.39 is 0 Å². The zero-order valence-corrected chi connectivity index (χ0v) is 14.2. The molecule has 2 aromatic rings. The maximum atomic E-state index is 12.3. The monoisotopic (exact) mass is 326 g/mol. The first-order valence-electron chi connectivity index (χ1n) is 8.10. The number of hydrogen-bond donors (Lipinski definition) is 1. The van der Waals surface area contributed by atoms with Gasteiger partial charge in [0.05, 0.1) is 5.25 Å². The quantitative estimate of drug-likeness (QED) is 0.826. The number of anilines is 2. The molecule has 1 fully saturated rings. The Morgan fingerprint density at radius 2 is 1.70 bits per heavy atom. The smallest absolute Gasteiger partial charge is 0.237 e. The molecule has 4 heteroatoms. The minimum Gasteiger partial charge on any atom is -0.372 e. The summed E-state index contributed by atoms with van der Waals surface area (Å²) in [5.41, 5.74) is 2.10. The number of nitrogens with zero attached hydrogens (tertiary/aromatic N) is 1. The summed E-state index contributed by atoms with van der Waals surface area (Å²) in [7, 11) is 0. The van der Waals surface area contributed by atoms with Gasteiger partial charge < -0.3 is 10.2 Å². The van der Waals surface area contributed by atoms with Crippen molar-refractivity contribution in [2.24, 2.45) is 0 Å². The lowest BCUT2D eigenvalue weighted by atomic mass is 10.2. The first-order valence-corrected chi connectivity index (χ1v) is 8.98. The lowest BCUT2D eigenvalue weighted by molar-refractivity contribution is -0.115. The van der Waals surface area contributed by atoms with Gasteiger partial charge in [0.2, 0.25) is 5.91 Å². The van der Waals surface area contributed by atoms with Gasteiger partial charge in [0, 0.05) is 29.4 Å². The van der Waals surface area contributed by atoms with Crippen molar-refractivity contribution in [3.8, 4) is 0 Å². The van der Waals surface area contributed by atoms with Gasteiger partial charge in [-0.15, -0.1) is 11.8 Å². The molecular weight excluding hydrogens is 304 g/mol. The maximum absolute atomic E-state index is 12.3. The summed E-state index contributed by atoms with van der Waals surface area (Å²) in [5.74, 6) is 0.0350. The molecule has 120 valence electrons. The van der Waals surface area contributed by atoms with E-state index in [1.165, 1.54) is 18.5 Å². The molecule has 1 amide bonds. The summed E-state index contributed by atoms with van der Waals surface area (Å²) in [6, 6.07) is 18.2. The van der Waals surface area contributed by atoms with Crippen LogP contribution in [0.2, 0.25) is 0 Å². The second-order valence-electron chi connectivity index (χ2n) is 5.80. The molecule has 3 rings (SSSR count). The van der Waals surface area contributed by atoms with Gasteiger partial charge in [0.15, 0.2) is 0 Å². The van der Waals surface area contributed by atoms with E-state index in [-0.39, 0.29) is 11.2 Å². The van der Waals surface area contributed by atoms with Crippen molar-refractivity contribution < 1.29 is 4.79 Å². The molecule has 3 nitrogen and oxygen atoms in total. The van der Waals surface area contributed by atoms with Gasteiger partial charge in [-0.05, 0) is 56.2 Å². The van der Waals surface area contributed by atoms with E-state index in [4.69, 9.17) is 0 Å². The summed E-state index contributed by atoms with van der Waals surface area (Å²) in [4.78, 5) is 15.8. The predicted molar refractivity (Wildman–Crippen MR) is 98.3 cm³/mol. The Kier molecular flexibility index (Phi) is 5.23. The molecule has 1 aliphatic heterocycles. The van der Waals surface area contributed by atoms with Crippen molar-refractivity contribution >= 4 is 29.0 Å². The highest BCUT2D eigenvalue weighted by Crippen LogP contribution is 2.25. The van der Waals surface area contributed by atoms with Gasteiger partial charge in [0.1, 0.15) is 0 Å². The molecule has 1 aliphatic rings. The van der Waals surface area contributed by atoms with Crippen molar-refractivity contribution in [2.45, 2.75) is 29.9 Å². The van der Waals surface area contributed by atoms with Gasteiger partial charge >= 0.3 is 0 Å². The fraction of sp³-hybridized carbons (Fsp3) is 0.316. The van der Waals surface area contributed by atoms with Gasteiger partial charge in [-0.3, -0.25) is 4.79 Å². The summed E-state index contributed by atoms with van der Waals surface area (Å²) >= 11 is 1.57. The van der Waals surface area contributed by atoms with Crippen LogP contribution in [0.4, 0.5) is 11.4 Å². The molecule has 0 aromatic heterocycles. The van der Waals surface area contributed by atoms with Crippen LogP contribution >= 0.6 is 11.8 Å². The Morgan fingerprint density at radius 3 is 2.35 bits per heavy atom. The number of thioether (sulfide) groups is 1. The highest BCUT2D eigenvalue weighted by Gasteiger charge is 2.15. The molecule has 0 spiro atoms. The largest absolute Gasteiger partial charge is 0.372 e. The van der Waals surface area contributed by atoms with Gasteiger partial charge in [-0.1, -0.05) is 18.2 Å². The number of nitrogens with one attached hydrogen (secondary N) is 1. The Morgan fingerprint density at radius 1 is 1.04 bits per heavy atom. The Hall–Kier alpha value is -1.94. The molecule has 1 N–H and O–H groups in total. The summed E-state index contributed by atoms with van der Waals surface area (Å²) < 4.78 is 0. The van der Waals surface area contributed by atoms with Crippen LogP contribution in [0.15, 0.2) is 59.5 Å². The topological polar surface area (TPSA) is 32.3 Å². The fourth-order valence-corrected chi connectivity index (χ4v) is 3.62. The van der Waals surface area contributed by atoms with Crippen LogP contribution in [0, 0.1) is 0 Å². The third-order valence-corrected chi connectivity index (χ3v) is 5.14. The van der Waals surface area contributed by atoms with Crippen LogP contribution in [-0.2, 0) is 4.79 Å². The van der Waals surface area contributed by atoms with Gasteiger partial charge in [-0.25, -0.2) is 0 Å². The molecule has 1 saturated heterocycles. The first kappa shape index (κ1) is 15.9. The first-order chi connectivity index (χ1) is 11.2. The number of hydrogen-bond acceptors (Lipinski definition) is 3. The molecule has 0 radical (unpaired) electrons. The zero-order chi connectivity index (χ0) is 16.1. The second kappa shape index (κ2) is 7.55. The summed E-state index contributed by atoms with van der Waals surface area (Å²) in [6.45, 7) is 4.21. The fourth-order valence-electron chi connectivity index (χ4n) is 2.73. The maximum Gasteiger partial charge on any atom is 0.237 e. The van der Waals surface area contributed by atoms with E-state index >= 15 is 0 Å². The molecule has 1 unspecified atom stereocenters. The summed E-state index contributed by atoms with van der Waals surface area (Å²) in [6.07, 6.45) is 2.54. The number of rotatable bonds is 5. The van der Waals surface area contributed by atoms with Crippen molar-refractivity contribution in [1.29, 1.82) is 0 Å². The number of carbonyl (C=O) groups excluding carboxylic acids is 1. The molecule has 0 saturated carbocycles. The third kappa shape index (κ3) is 4.29. The molecule has 0 bridgehead atoms. The summed E-state index contributed by atoms with van der Waals surface area (Å²) in [5, 5.41) is 2.87. The number of carbonyl (C=O) groups is 1. The molecule has 23 heavy (non-hydrogen) atoms. The Bertz CT molecular complexity index is 636. The van der Waals surface area contributed by atoms with Crippen LogP contribution in [0.3, 0.4) is 0 Å². The van der Waals surface area contributed by atoms with Crippen molar-refractivity contribution in [2.75, 3.05) is 23.3 Å². The normalized spacial score (nSPS) is 15.4. The highest BCUT2D eigenvalue weighted by molar-refractivity contribution is 8.00. The van der Waals surface area contributed by atoms with E-state index in [2.05, 4.69) is 22.3 Å². The minimum absolute atomic E-state index is 0.0350. The predicted octanol–water partition coefficient (Wildman–Crippen LogP) is 4.41. The average molecular weight is 326 g/mol. The second-order valence-corrected chi connectivity index (χ2v) is 7.22. The highest BCUT2D eigenvalue weighted by atomic mass is 32.2. The van der Waals surface area contributed by atoms with Crippen molar-refractivity contribution in [1.82, 2.24) is 0 Å². The molecular formula is C19H22N2OS. The van der Waals surface area contributed by atoms with Gasteiger partial charge in [0.25, 0.3) is 0 Å². The Labute approximate surface area is 142 Å². The SMILES string of the molecule is CC(Sc1ccccc1)C(=O)Nc1ccc(N2CCCC2)cc1. The molecule has 0 aliphatic carbocycles. The van der Waals surface area contributed by atoms with Crippen LogP contribution < -0.4 is 10.2 Å². The Balaban J connectivity index is 1.56. The van der Waals surface area contributed by atoms with Gasteiger partial charge in [-0.2, -0.15) is 0 Å². The van der Waals surface area contributed by atoms with E-state index in [0.29, 0.717) is 0 Å². The number of amides is 1. The minimum atomic E-state index is -0.129. The molecule has 1 atom stereocenters. The zero-order valence-electron chi connectivity index (χ0n) is 13.4. The van der Waals surface area contributed by atoms with E-state index in [9.17, 15) is 4.79 Å². The molecule has 1 heterocycles.